The van der Waals surface area contributed by atoms with Crippen molar-refractivity contribution in [3.63, 3.8) is 0 Å². The van der Waals surface area contributed by atoms with Gasteiger partial charge in [0.2, 0.25) is 5.91 Å². The molecular weight excluding hydrogens is 452 g/mol. The van der Waals surface area contributed by atoms with E-state index in [1.54, 1.807) is 18.2 Å². The number of nitrogens with one attached hydrogen (secondary N) is 2. The lowest BCUT2D eigenvalue weighted by molar-refractivity contribution is -0.127. The zero-order valence-corrected chi connectivity index (χ0v) is 20.3. The van der Waals surface area contributed by atoms with Crippen LogP contribution >= 0.6 is 0 Å². The van der Waals surface area contributed by atoms with Crippen LogP contribution in [0.3, 0.4) is 0 Å². The molecule has 0 bridgehead atoms. The van der Waals surface area contributed by atoms with Crippen LogP contribution in [0.5, 0.6) is 0 Å². The van der Waals surface area contributed by atoms with E-state index in [1.165, 1.54) is 0 Å². The third-order valence-corrected chi connectivity index (χ3v) is 6.36. The molecule has 7 heteroatoms. The zero-order chi connectivity index (χ0) is 25.4. The van der Waals surface area contributed by atoms with Crippen LogP contribution in [0.1, 0.15) is 22.5 Å². The molecule has 1 saturated heterocycles. The van der Waals surface area contributed by atoms with Crippen LogP contribution in [-0.2, 0) is 9.59 Å². The number of anilines is 1. The van der Waals surface area contributed by atoms with Gasteiger partial charge in [0.25, 0.3) is 5.91 Å². The summed E-state index contributed by atoms with van der Waals surface area (Å²) in [4.78, 5) is 38.8. The molecule has 0 saturated carbocycles. The minimum atomic E-state index is -0.617. The van der Waals surface area contributed by atoms with Crippen molar-refractivity contribution in [2.24, 2.45) is 0 Å². The molecule has 7 nitrogen and oxygen atoms in total. The lowest BCUT2D eigenvalue weighted by Crippen LogP contribution is -2.38. The molecule has 2 N–H and O–H groups in total. The molecule has 0 unspecified atom stereocenters. The number of hydrogen-bond donors (Lipinski definition) is 2. The molecule has 4 amide bonds. The number of carbonyl (C=O) groups is 3. The topological polar surface area (TPSA) is 83.4 Å². The molecule has 0 spiro atoms. The number of hydrogen-bond acceptors (Lipinski definition) is 3. The molecule has 0 radical (unpaired) electrons. The number of imide groups is 1. The normalized spacial score (nSPS) is 14.5. The van der Waals surface area contributed by atoms with Crippen molar-refractivity contribution >= 4 is 40.4 Å². The second-order valence-electron chi connectivity index (χ2n) is 8.99. The van der Waals surface area contributed by atoms with Crippen LogP contribution in [0.25, 0.3) is 22.5 Å². The van der Waals surface area contributed by atoms with E-state index in [9.17, 15) is 14.4 Å². The number of fused-ring (bicyclic) bond motifs is 1. The van der Waals surface area contributed by atoms with Gasteiger partial charge in [0.1, 0.15) is 12.2 Å². The number of benzene rings is 3. The van der Waals surface area contributed by atoms with Crippen molar-refractivity contribution in [2.75, 3.05) is 11.9 Å². The van der Waals surface area contributed by atoms with Crippen molar-refractivity contribution in [3.05, 3.63) is 101 Å². The van der Waals surface area contributed by atoms with Gasteiger partial charge in [-0.3, -0.25) is 9.59 Å². The van der Waals surface area contributed by atoms with Gasteiger partial charge in [0.15, 0.2) is 0 Å². The second-order valence-corrected chi connectivity index (χ2v) is 8.99. The second kappa shape index (κ2) is 9.19. The molecule has 1 aromatic heterocycles. The predicted octanol–water partition coefficient (Wildman–Crippen LogP) is 5.09. The Morgan fingerprint density at radius 2 is 1.64 bits per heavy atom. The Bertz CT molecular complexity index is 1550. The van der Waals surface area contributed by atoms with Crippen molar-refractivity contribution in [1.29, 1.82) is 0 Å². The first kappa shape index (κ1) is 23.1. The average Bonchev–Trinajstić information content (AvgIpc) is 3.29. The maximum atomic E-state index is 13.0. The van der Waals surface area contributed by atoms with Crippen molar-refractivity contribution in [3.8, 4) is 5.69 Å². The van der Waals surface area contributed by atoms with Crippen LogP contribution in [0.2, 0.25) is 0 Å². The smallest absolute Gasteiger partial charge is 0.325 e. The minimum Gasteiger partial charge on any atom is -0.325 e. The summed E-state index contributed by atoms with van der Waals surface area (Å²) >= 11 is 0. The average molecular weight is 479 g/mol. The first-order valence-corrected chi connectivity index (χ1v) is 11.7. The Morgan fingerprint density at radius 3 is 2.39 bits per heavy atom. The summed E-state index contributed by atoms with van der Waals surface area (Å²) < 4.78 is 2.12. The summed E-state index contributed by atoms with van der Waals surface area (Å²) in [5.74, 6) is -0.979. The van der Waals surface area contributed by atoms with Gasteiger partial charge in [-0.2, -0.15) is 0 Å². The largest absolute Gasteiger partial charge is 0.329 e. The van der Waals surface area contributed by atoms with Gasteiger partial charge >= 0.3 is 6.03 Å². The molecule has 5 rings (SSSR count). The summed E-state index contributed by atoms with van der Waals surface area (Å²) in [6, 6.07) is 23.1. The summed E-state index contributed by atoms with van der Waals surface area (Å²) in [7, 11) is 0. The number of rotatable bonds is 5. The van der Waals surface area contributed by atoms with Gasteiger partial charge in [-0.1, -0.05) is 48.0 Å². The number of carbonyl (C=O) groups excluding carboxylic acids is 3. The highest BCUT2D eigenvalue weighted by Gasteiger charge is 2.35. The number of aromatic nitrogens is 1. The van der Waals surface area contributed by atoms with Gasteiger partial charge in [-0.25, -0.2) is 9.69 Å². The SMILES string of the molecule is Cc1ccc(NC(=O)CN2C(=O)N/C(=C/c3cc(C)n(-c4ccc5ccccc5c4)c3C)C2=O)cc1. The molecule has 1 aliphatic rings. The Labute approximate surface area is 209 Å². The lowest BCUT2D eigenvalue weighted by atomic mass is 10.1. The molecule has 1 aliphatic heterocycles. The van der Waals surface area contributed by atoms with Gasteiger partial charge in [0.05, 0.1) is 0 Å². The van der Waals surface area contributed by atoms with E-state index < -0.39 is 17.8 Å². The van der Waals surface area contributed by atoms with Crippen LogP contribution in [-0.4, -0.2) is 33.9 Å². The Balaban J connectivity index is 1.36. The number of aryl methyl sites for hydroxylation is 2. The van der Waals surface area contributed by atoms with Crippen LogP contribution in [0, 0.1) is 20.8 Å². The van der Waals surface area contributed by atoms with Gasteiger partial charge in [-0.15, -0.1) is 0 Å². The Hall–Kier alpha value is -4.65. The minimum absolute atomic E-state index is 0.141. The standard InChI is InChI=1S/C29H26N4O3/c1-18-8-11-24(12-9-18)30-27(34)17-32-28(35)26(31-29(32)36)16-23-14-19(2)33(20(23)3)25-13-10-21-6-4-5-7-22(21)15-25/h4-16H,17H2,1-3H3,(H,30,34)(H,31,36)/b26-16+. The highest BCUT2D eigenvalue weighted by molar-refractivity contribution is 6.16. The monoisotopic (exact) mass is 478 g/mol. The number of nitrogens with zero attached hydrogens (tertiary/aromatic N) is 2. The number of amides is 4. The molecule has 1 fully saturated rings. The van der Waals surface area contributed by atoms with Crippen molar-refractivity contribution in [2.45, 2.75) is 20.8 Å². The summed E-state index contributed by atoms with van der Waals surface area (Å²) in [6.45, 7) is 5.56. The van der Waals surface area contributed by atoms with E-state index in [2.05, 4.69) is 45.5 Å². The molecule has 4 aromatic rings. The molecule has 0 atom stereocenters. The molecule has 180 valence electrons. The highest BCUT2D eigenvalue weighted by Crippen LogP contribution is 2.26. The van der Waals surface area contributed by atoms with E-state index in [1.807, 2.05) is 51.1 Å². The highest BCUT2D eigenvalue weighted by atomic mass is 16.2. The lowest BCUT2D eigenvalue weighted by Gasteiger charge is -2.12. The maximum Gasteiger partial charge on any atom is 0.329 e. The first-order chi connectivity index (χ1) is 17.3. The fraction of sp³-hybridized carbons (Fsp3) is 0.138. The zero-order valence-electron chi connectivity index (χ0n) is 20.3. The van der Waals surface area contributed by atoms with Crippen LogP contribution in [0.4, 0.5) is 10.5 Å². The molecule has 3 aromatic carbocycles. The molecule has 0 aliphatic carbocycles. The summed E-state index contributed by atoms with van der Waals surface area (Å²) in [5.41, 5.74) is 5.58. The van der Waals surface area contributed by atoms with Crippen LogP contribution in [0.15, 0.2) is 78.5 Å². The fourth-order valence-electron chi connectivity index (χ4n) is 4.50. The molecular formula is C29H26N4O3. The quantitative estimate of drug-likeness (QED) is 0.310. The van der Waals surface area contributed by atoms with E-state index in [0.29, 0.717) is 5.69 Å². The van der Waals surface area contributed by atoms with Crippen LogP contribution < -0.4 is 10.6 Å². The van der Waals surface area contributed by atoms with Gasteiger partial charge in [0, 0.05) is 22.8 Å². The first-order valence-electron chi connectivity index (χ1n) is 11.7. The van der Waals surface area contributed by atoms with Gasteiger partial charge < -0.3 is 15.2 Å². The molecule has 2 heterocycles. The third-order valence-electron chi connectivity index (χ3n) is 6.36. The van der Waals surface area contributed by atoms with E-state index in [-0.39, 0.29) is 12.2 Å². The van der Waals surface area contributed by atoms with Crippen molar-refractivity contribution < 1.29 is 14.4 Å². The van der Waals surface area contributed by atoms with E-state index in [0.717, 1.165) is 43.9 Å². The van der Waals surface area contributed by atoms with E-state index in [4.69, 9.17) is 0 Å². The maximum absolute atomic E-state index is 13.0. The van der Waals surface area contributed by atoms with Gasteiger partial charge in [-0.05, 0) is 73.5 Å². The summed E-state index contributed by atoms with van der Waals surface area (Å²) in [6.07, 6.45) is 1.66. The number of urea groups is 1. The Kier molecular flexibility index (Phi) is 5.90. The fourth-order valence-corrected chi connectivity index (χ4v) is 4.50. The molecule has 36 heavy (non-hydrogen) atoms. The summed E-state index contributed by atoms with van der Waals surface area (Å²) in [5, 5.41) is 7.63. The van der Waals surface area contributed by atoms with E-state index >= 15 is 0 Å². The predicted molar refractivity (Wildman–Crippen MR) is 141 cm³/mol. The Morgan fingerprint density at radius 1 is 0.917 bits per heavy atom. The van der Waals surface area contributed by atoms with Crippen molar-refractivity contribution in [1.82, 2.24) is 14.8 Å². The third kappa shape index (κ3) is 4.38.